The summed E-state index contributed by atoms with van der Waals surface area (Å²) < 4.78 is 14.6. The summed E-state index contributed by atoms with van der Waals surface area (Å²) >= 11 is 3.20. The third-order valence-electron chi connectivity index (χ3n) is 3.92. The van der Waals surface area contributed by atoms with Gasteiger partial charge in [-0.25, -0.2) is 4.39 Å². The van der Waals surface area contributed by atoms with Crippen molar-refractivity contribution in [2.45, 2.75) is 38.6 Å². The number of nitrogens with zero attached hydrogens (tertiary/aromatic N) is 2. The predicted octanol–water partition coefficient (Wildman–Crippen LogP) is 3.34. The van der Waals surface area contributed by atoms with Crippen LogP contribution >= 0.6 is 15.9 Å². The van der Waals surface area contributed by atoms with Crippen LogP contribution in [0.1, 0.15) is 32.6 Å². The first-order chi connectivity index (χ1) is 10.5. The molecule has 22 heavy (non-hydrogen) atoms. The number of halogens is 2. The van der Waals surface area contributed by atoms with E-state index in [4.69, 9.17) is 0 Å². The van der Waals surface area contributed by atoms with E-state index in [1.165, 1.54) is 11.0 Å². The normalized spacial score (nSPS) is 17.6. The zero-order valence-electron chi connectivity index (χ0n) is 12.8. The average Bonchev–Trinajstić information content (AvgIpc) is 2.95. The summed E-state index contributed by atoms with van der Waals surface area (Å²) in [5.74, 6) is -0.694. The van der Waals surface area contributed by atoms with E-state index in [1.807, 2.05) is 6.92 Å². The second-order valence-electron chi connectivity index (χ2n) is 5.49. The molecular formula is C16H20BrFN2O2. The van der Waals surface area contributed by atoms with Crippen molar-refractivity contribution in [1.82, 2.24) is 4.90 Å². The summed E-state index contributed by atoms with van der Waals surface area (Å²) in [6.45, 7) is 2.54. The highest BCUT2D eigenvalue weighted by Crippen LogP contribution is 2.26. The van der Waals surface area contributed by atoms with Crippen molar-refractivity contribution in [3.8, 4) is 0 Å². The van der Waals surface area contributed by atoms with Gasteiger partial charge in [-0.05, 0) is 37.5 Å². The summed E-state index contributed by atoms with van der Waals surface area (Å²) in [5.41, 5.74) is 0.225. The predicted molar refractivity (Wildman–Crippen MR) is 87.2 cm³/mol. The Morgan fingerprint density at radius 2 is 2.18 bits per heavy atom. The van der Waals surface area contributed by atoms with Crippen molar-refractivity contribution in [1.29, 1.82) is 0 Å². The lowest BCUT2D eigenvalue weighted by atomic mass is 10.1. The number of hydrogen-bond acceptors (Lipinski definition) is 2. The van der Waals surface area contributed by atoms with Crippen LogP contribution < -0.4 is 4.90 Å². The van der Waals surface area contributed by atoms with Crippen LogP contribution in [0.4, 0.5) is 10.1 Å². The van der Waals surface area contributed by atoms with E-state index in [0.717, 1.165) is 12.8 Å². The van der Waals surface area contributed by atoms with Crippen molar-refractivity contribution in [3.63, 3.8) is 0 Å². The van der Waals surface area contributed by atoms with Crippen molar-refractivity contribution in [2.24, 2.45) is 0 Å². The first-order valence-corrected chi connectivity index (χ1v) is 8.27. The Labute approximate surface area is 138 Å². The molecule has 1 atom stereocenters. The van der Waals surface area contributed by atoms with Crippen molar-refractivity contribution in [3.05, 3.63) is 28.5 Å². The maximum Gasteiger partial charge on any atom is 0.249 e. The molecule has 1 saturated heterocycles. The van der Waals surface area contributed by atoms with E-state index in [9.17, 15) is 14.0 Å². The third-order valence-corrected chi connectivity index (χ3v) is 4.42. The van der Waals surface area contributed by atoms with Crippen LogP contribution in [0.2, 0.25) is 0 Å². The molecule has 0 aromatic heterocycles. The first kappa shape index (κ1) is 16.9. The van der Waals surface area contributed by atoms with E-state index >= 15 is 0 Å². The van der Waals surface area contributed by atoms with Gasteiger partial charge in [0.15, 0.2) is 0 Å². The number of likely N-dealkylation sites (tertiary alicyclic amines) is 1. The van der Waals surface area contributed by atoms with Gasteiger partial charge in [0.2, 0.25) is 11.8 Å². The van der Waals surface area contributed by atoms with Crippen LogP contribution in [-0.4, -0.2) is 36.3 Å². The lowest BCUT2D eigenvalue weighted by Crippen LogP contribution is -2.46. The molecule has 4 nitrogen and oxygen atoms in total. The smallest absolute Gasteiger partial charge is 0.249 e. The Morgan fingerprint density at radius 3 is 2.82 bits per heavy atom. The monoisotopic (exact) mass is 370 g/mol. The molecule has 0 saturated carbocycles. The van der Waals surface area contributed by atoms with Gasteiger partial charge in [0.1, 0.15) is 11.9 Å². The van der Waals surface area contributed by atoms with Crippen LogP contribution in [0.25, 0.3) is 0 Å². The first-order valence-electron chi connectivity index (χ1n) is 7.47. The second kappa shape index (κ2) is 7.22. The molecule has 1 heterocycles. The molecular weight excluding hydrogens is 351 g/mol. The summed E-state index contributed by atoms with van der Waals surface area (Å²) in [4.78, 5) is 27.7. The van der Waals surface area contributed by atoms with E-state index in [0.29, 0.717) is 23.9 Å². The molecule has 0 radical (unpaired) electrons. The van der Waals surface area contributed by atoms with Gasteiger partial charge >= 0.3 is 0 Å². The summed E-state index contributed by atoms with van der Waals surface area (Å²) in [6.07, 6.45) is 2.65. The van der Waals surface area contributed by atoms with Crippen LogP contribution in [0.5, 0.6) is 0 Å². The van der Waals surface area contributed by atoms with Gasteiger partial charge in [0.05, 0.1) is 5.69 Å². The number of hydrogen-bond donors (Lipinski definition) is 0. The topological polar surface area (TPSA) is 40.6 Å². The number of carbonyl (C=O) groups is 2. The molecule has 0 aliphatic carbocycles. The van der Waals surface area contributed by atoms with Gasteiger partial charge < -0.3 is 9.80 Å². The average molecular weight is 371 g/mol. The molecule has 0 N–H and O–H groups in total. The van der Waals surface area contributed by atoms with Crippen molar-refractivity contribution >= 4 is 33.4 Å². The molecule has 120 valence electrons. The van der Waals surface area contributed by atoms with E-state index in [2.05, 4.69) is 15.9 Å². The quantitative estimate of drug-likeness (QED) is 0.815. The van der Waals surface area contributed by atoms with Gasteiger partial charge in [0.25, 0.3) is 0 Å². The highest BCUT2D eigenvalue weighted by atomic mass is 79.9. The standard InChI is InChI=1S/C16H20BrFN2O2/c1-3-5-15(21)20-9-4-6-14(20)16(22)19(2)13-8-7-11(17)10-12(13)18/h7-8,10,14H,3-6,9H2,1-2H3. The summed E-state index contributed by atoms with van der Waals surface area (Å²) in [5, 5.41) is 0. The zero-order chi connectivity index (χ0) is 16.3. The van der Waals surface area contributed by atoms with Gasteiger partial charge in [0, 0.05) is 24.5 Å². The van der Waals surface area contributed by atoms with Crippen LogP contribution in [0, 0.1) is 5.82 Å². The Balaban J connectivity index is 2.17. The van der Waals surface area contributed by atoms with Crippen molar-refractivity contribution < 1.29 is 14.0 Å². The number of rotatable bonds is 4. The minimum absolute atomic E-state index is 0.00280. The fourth-order valence-corrected chi connectivity index (χ4v) is 3.11. The maximum absolute atomic E-state index is 14.0. The lowest BCUT2D eigenvalue weighted by Gasteiger charge is -2.28. The minimum Gasteiger partial charge on any atom is -0.331 e. The molecule has 1 fully saturated rings. The Hall–Kier alpha value is -1.43. The molecule has 6 heteroatoms. The maximum atomic E-state index is 14.0. The van der Waals surface area contributed by atoms with Gasteiger partial charge in [-0.15, -0.1) is 0 Å². The Bertz CT molecular complexity index is 579. The minimum atomic E-state index is -0.480. The van der Waals surface area contributed by atoms with E-state index in [1.54, 1.807) is 24.1 Å². The molecule has 1 aliphatic rings. The van der Waals surface area contributed by atoms with E-state index < -0.39 is 11.9 Å². The highest BCUT2D eigenvalue weighted by molar-refractivity contribution is 9.10. The van der Waals surface area contributed by atoms with Crippen LogP contribution in [0.15, 0.2) is 22.7 Å². The van der Waals surface area contributed by atoms with Crippen LogP contribution in [-0.2, 0) is 9.59 Å². The van der Waals surface area contributed by atoms with Gasteiger partial charge in [-0.3, -0.25) is 9.59 Å². The number of likely N-dealkylation sites (N-methyl/N-ethyl adjacent to an activating group) is 1. The Morgan fingerprint density at radius 1 is 1.45 bits per heavy atom. The molecule has 2 rings (SSSR count). The molecule has 2 amide bonds. The molecule has 0 bridgehead atoms. The fourth-order valence-electron chi connectivity index (χ4n) is 2.77. The summed E-state index contributed by atoms with van der Waals surface area (Å²) in [7, 11) is 1.55. The van der Waals surface area contributed by atoms with Gasteiger partial charge in [-0.1, -0.05) is 22.9 Å². The fraction of sp³-hybridized carbons (Fsp3) is 0.500. The number of amides is 2. The molecule has 0 spiro atoms. The van der Waals surface area contributed by atoms with Crippen LogP contribution in [0.3, 0.4) is 0 Å². The third kappa shape index (κ3) is 3.48. The lowest BCUT2D eigenvalue weighted by molar-refractivity contribution is -0.137. The van der Waals surface area contributed by atoms with Crippen molar-refractivity contribution in [2.75, 3.05) is 18.5 Å². The SMILES string of the molecule is CCCC(=O)N1CCCC1C(=O)N(C)c1ccc(Br)cc1F. The largest absolute Gasteiger partial charge is 0.331 e. The molecule has 1 aromatic rings. The summed E-state index contributed by atoms with van der Waals surface area (Å²) in [6, 6.07) is 4.10. The highest BCUT2D eigenvalue weighted by Gasteiger charge is 2.35. The number of anilines is 1. The number of benzene rings is 1. The molecule has 1 aliphatic heterocycles. The molecule has 1 unspecified atom stereocenters. The molecule has 1 aromatic carbocycles. The second-order valence-corrected chi connectivity index (χ2v) is 6.40. The van der Waals surface area contributed by atoms with E-state index in [-0.39, 0.29) is 17.5 Å². The Kier molecular flexibility index (Phi) is 5.56. The number of carbonyl (C=O) groups excluding carboxylic acids is 2. The van der Waals surface area contributed by atoms with Gasteiger partial charge in [-0.2, -0.15) is 0 Å². The zero-order valence-corrected chi connectivity index (χ0v) is 14.4.